The van der Waals surface area contributed by atoms with Crippen molar-refractivity contribution in [3.8, 4) is 5.75 Å². The number of hydrogen-bond donors (Lipinski definition) is 6. The topological polar surface area (TPSA) is 164 Å². The summed E-state index contributed by atoms with van der Waals surface area (Å²) in [7, 11) is 0. The summed E-state index contributed by atoms with van der Waals surface area (Å²) < 4.78 is 5.60. The van der Waals surface area contributed by atoms with E-state index in [4.69, 9.17) is 38.3 Å². The van der Waals surface area contributed by atoms with E-state index in [1.54, 1.807) is 68.4 Å². The van der Waals surface area contributed by atoms with Crippen LogP contribution < -0.4 is 26.8 Å². The van der Waals surface area contributed by atoms with Gasteiger partial charge >= 0.3 is 5.97 Å². The summed E-state index contributed by atoms with van der Waals surface area (Å²) in [5, 5.41) is 23.0. The van der Waals surface area contributed by atoms with Crippen molar-refractivity contribution in [3.63, 3.8) is 0 Å². The third-order valence-electron chi connectivity index (χ3n) is 5.28. The normalized spacial score (nSPS) is 11.0. The molecule has 3 aromatic rings. The smallest absolute Gasteiger partial charge is 0.341 e. The maximum absolute atomic E-state index is 13.1. The molecule has 0 saturated heterocycles. The van der Waals surface area contributed by atoms with Crippen molar-refractivity contribution in [2.45, 2.75) is 25.9 Å². The Labute approximate surface area is 213 Å². The molecule has 0 radical (unpaired) electrons. The molecule has 3 rings (SSSR count). The van der Waals surface area contributed by atoms with Gasteiger partial charge in [0.05, 0.1) is 5.56 Å². The van der Waals surface area contributed by atoms with E-state index in [0.717, 1.165) is 0 Å². The lowest BCUT2D eigenvalue weighted by atomic mass is 9.92. The van der Waals surface area contributed by atoms with Crippen LogP contribution >= 0.6 is 11.6 Å². The minimum absolute atomic E-state index is 0.0667. The number of ether oxygens (including phenoxy) is 1. The van der Waals surface area contributed by atoms with Crippen LogP contribution in [0.1, 0.15) is 40.9 Å². The fraction of sp³-hybridized carbons (Fsp3) is 0.192. The number of carboxylic acids is 1. The van der Waals surface area contributed by atoms with Crippen molar-refractivity contribution < 1.29 is 19.4 Å². The van der Waals surface area contributed by atoms with Gasteiger partial charge in [0.2, 0.25) is 0 Å². The number of nitrogens with two attached hydrogens (primary N) is 2. The summed E-state index contributed by atoms with van der Waals surface area (Å²) in [6.07, 6.45) is 0. The number of benzene rings is 3. The molecule has 0 fully saturated rings. The Balaban J connectivity index is 1.86. The largest absolute Gasteiger partial charge is 0.481 e. The number of amidine groups is 1. The number of aliphatic carboxylic acids is 1. The number of anilines is 2. The zero-order valence-corrected chi connectivity index (χ0v) is 20.6. The zero-order chi connectivity index (χ0) is 26.5. The number of halogens is 1. The number of hydrogen-bond acceptors (Lipinski definition) is 6. The summed E-state index contributed by atoms with van der Waals surface area (Å²) in [5.41, 5.74) is 14.2. The van der Waals surface area contributed by atoms with E-state index < -0.39 is 24.0 Å². The Morgan fingerprint density at radius 1 is 1.11 bits per heavy atom. The highest BCUT2D eigenvalue weighted by atomic mass is 35.5. The standard InChI is InChI=1S/C26H28ClN5O4/c1-26(2,30)20-5-3-4-16(23(20)36-14-22(33)34)13-31-21-11-8-17(27)12-19(21)25(35)32-18-9-6-15(7-10-18)24(28)29/h3-12,31H,13-14,30H2,1-2H3,(H3,28,29)(H,32,35)(H,33,34). The van der Waals surface area contributed by atoms with Crippen molar-refractivity contribution in [3.05, 3.63) is 87.9 Å². The van der Waals surface area contributed by atoms with Gasteiger partial charge in [-0.1, -0.05) is 29.8 Å². The van der Waals surface area contributed by atoms with Crippen LogP contribution in [-0.4, -0.2) is 29.4 Å². The van der Waals surface area contributed by atoms with Gasteiger partial charge in [0.1, 0.15) is 11.6 Å². The summed E-state index contributed by atoms with van der Waals surface area (Å²) in [6.45, 7) is 3.32. The van der Waals surface area contributed by atoms with Crippen LogP contribution in [0.3, 0.4) is 0 Å². The first-order valence-corrected chi connectivity index (χ1v) is 11.4. The fourth-order valence-electron chi connectivity index (χ4n) is 3.52. The minimum Gasteiger partial charge on any atom is -0.481 e. The van der Waals surface area contributed by atoms with Crippen molar-refractivity contribution in [1.29, 1.82) is 5.41 Å². The lowest BCUT2D eigenvalue weighted by molar-refractivity contribution is -0.139. The molecule has 36 heavy (non-hydrogen) atoms. The minimum atomic E-state index is -1.11. The average molecular weight is 510 g/mol. The first kappa shape index (κ1) is 26.5. The van der Waals surface area contributed by atoms with Crippen LogP contribution in [0.15, 0.2) is 60.7 Å². The molecule has 0 saturated carbocycles. The highest BCUT2D eigenvalue weighted by Gasteiger charge is 2.23. The molecule has 9 nitrogen and oxygen atoms in total. The number of para-hydroxylation sites is 1. The van der Waals surface area contributed by atoms with E-state index in [0.29, 0.717) is 44.4 Å². The third-order valence-corrected chi connectivity index (χ3v) is 5.52. The van der Waals surface area contributed by atoms with Gasteiger partial charge in [0, 0.05) is 45.2 Å². The maximum Gasteiger partial charge on any atom is 0.341 e. The lowest BCUT2D eigenvalue weighted by Gasteiger charge is -2.25. The van der Waals surface area contributed by atoms with E-state index in [9.17, 15) is 9.59 Å². The van der Waals surface area contributed by atoms with Gasteiger partial charge in [-0.2, -0.15) is 0 Å². The Kier molecular flexibility index (Phi) is 8.18. The van der Waals surface area contributed by atoms with Crippen LogP contribution in [-0.2, 0) is 16.9 Å². The van der Waals surface area contributed by atoms with Gasteiger partial charge in [0.25, 0.3) is 5.91 Å². The van der Waals surface area contributed by atoms with Crippen LogP contribution in [0, 0.1) is 5.41 Å². The molecule has 188 valence electrons. The molecular formula is C26H28ClN5O4. The number of nitrogen functional groups attached to an aromatic ring is 1. The van der Waals surface area contributed by atoms with E-state index in [-0.39, 0.29) is 12.4 Å². The molecule has 1 amide bonds. The Hall–Kier alpha value is -4.08. The van der Waals surface area contributed by atoms with Gasteiger partial charge in [-0.25, -0.2) is 4.79 Å². The summed E-state index contributed by atoms with van der Waals surface area (Å²) in [4.78, 5) is 24.2. The summed E-state index contributed by atoms with van der Waals surface area (Å²) >= 11 is 6.17. The molecule has 8 N–H and O–H groups in total. The Morgan fingerprint density at radius 2 is 1.81 bits per heavy atom. The second kappa shape index (κ2) is 11.1. The molecular weight excluding hydrogens is 482 g/mol. The van der Waals surface area contributed by atoms with Crippen LogP contribution in [0.4, 0.5) is 11.4 Å². The quantitative estimate of drug-likeness (QED) is 0.176. The maximum atomic E-state index is 13.1. The fourth-order valence-corrected chi connectivity index (χ4v) is 3.69. The second-order valence-electron chi connectivity index (χ2n) is 8.69. The van der Waals surface area contributed by atoms with Gasteiger partial charge in [-0.15, -0.1) is 0 Å². The Morgan fingerprint density at radius 3 is 2.42 bits per heavy atom. The number of rotatable bonds is 10. The molecule has 0 atom stereocenters. The predicted octanol–water partition coefficient (Wildman–Crippen LogP) is 4.15. The van der Waals surface area contributed by atoms with Crippen molar-refractivity contribution >= 4 is 40.7 Å². The van der Waals surface area contributed by atoms with E-state index in [2.05, 4.69) is 10.6 Å². The molecule has 0 aliphatic heterocycles. The van der Waals surface area contributed by atoms with Crippen molar-refractivity contribution in [2.24, 2.45) is 11.5 Å². The molecule has 0 bridgehead atoms. The molecule has 0 spiro atoms. The predicted molar refractivity (Wildman–Crippen MR) is 141 cm³/mol. The molecule has 0 heterocycles. The number of carbonyl (C=O) groups excluding carboxylic acids is 1. The van der Waals surface area contributed by atoms with E-state index in [1.807, 2.05) is 6.07 Å². The highest BCUT2D eigenvalue weighted by molar-refractivity contribution is 6.31. The number of carboxylic acid groups (broad SMARTS) is 1. The van der Waals surface area contributed by atoms with Gasteiger partial charge in [-0.3, -0.25) is 10.2 Å². The molecule has 0 aliphatic carbocycles. The Bertz CT molecular complexity index is 1290. The summed E-state index contributed by atoms with van der Waals surface area (Å²) in [6, 6.07) is 16.9. The molecule has 0 aromatic heterocycles. The van der Waals surface area contributed by atoms with Gasteiger partial charge in [-0.05, 0) is 56.3 Å². The number of amides is 1. The molecule has 0 unspecified atom stereocenters. The molecule has 3 aromatic carbocycles. The molecule has 10 heteroatoms. The van der Waals surface area contributed by atoms with Gasteiger partial charge in [0.15, 0.2) is 6.61 Å². The third kappa shape index (κ3) is 6.74. The SMILES string of the molecule is CC(C)(N)c1cccc(CNc2ccc(Cl)cc2C(=O)Nc2ccc(C(=N)N)cc2)c1OCC(=O)O. The van der Waals surface area contributed by atoms with Gasteiger partial charge < -0.3 is 31.9 Å². The van der Waals surface area contributed by atoms with Crippen molar-refractivity contribution in [2.75, 3.05) is 17.2 Å². The van der Waals surface area contributed by atoms with E-state index in [1.165, 1.54) is 0 Å². The van der Waals surface area contributed by atoms with Crippen molar-refractivity contribution in [1.82, 2.24) is 0 Å². The summed E-state index contributed by atoms with van der Waals surface area (Å²) in [5.74, 6) is -1.19. The zero-order valence-electron chi connectivity index (χ0n) is 19.9. The molecule has 0 aliphatic rings. The first-order valence-electron chi connectivity index (χ1n) is 11.0. The lowest BCUT2D eigenvalue weighted by Crippen LogP contribution is -2.30. The number of carbonyl (C=O) groups is 2. The highest BCUT2D eigenvalue weighted by Crippen LogP contribution is 2.32. The van der Waals surface area contributed by atoms with E-state index >= 15 is 0 Å². The number of nitrogens with one attached hydrogen (secondary N) is 3. The van der Waals surface area contributed by atoms with Crippen LogP contribution in [0.5, 0.6) is 5.75 Å². The second-order valence-corrected chi connectivity index (χ2v) is 9.12. The monoisotopic (exact) mass is 509 g/mol. The van der Waals surface area contributed by atoms with Crippen LogP contribution in [0.25, 0.3) is 0 Å². The van der Waals surface area contributed by atoms with Crippen LogP contribution in [0.2, 0.25) is 5.02 Å². The first-order chi connectivity index (χ1) is 17.0. The average Bonchev–Trinajstić information content (AvgIpc) is 2.81.